The van der Waals surface area contributed by atoms with Crippen LogP contribution in [0.5, 0.6) is 23.0 Å². The molecule has 0 N–H and O–H groups in total. The molecule has 3 rings (SSSR count). The van der Waals surface area contributed by atoms with Crippen LogP contribution in [0, 0.1) is 13.8 Å². The van der Waals surface area contributed by atoms with Gasteiger partial charge >= 0.3 is 11.9 Å². The normalized spacial score (nSPS) is 10.7. The first-order chi connectivity index (χ1) is 19.4. The van der Waals surface area contributed by atoms with E-state index >= 15 is 0 Å². The number of carbonyl (C=O) groups is 2. The third-order valence-electron chi connectivity index (χ3n) is 6.61. The van der Waals surface area contributed by atoms with Crippen LogP contribution in [0.25, 0.3) is 0 Å². The van der Waals surface area contributed by atoms with Crippen LogP contribution < -0.4 is 18.9 Å². The Labute approximate surface area is 238 Å². The van der Waals surface area contributed by atoms with E-state index in [-0.39, 0.29) is 0 Å². The number of esters is 2. The highest BCUT2D eigenvalue weighted by Crippen LogP contribution is 2.24. The van der Waals surface area contributed by atoms with Crippen LogP contribution in [0.2, 0.25) is 0 Å². The first kappa shape index (κ1) is 30.7. The highest BCUT2D eigenvalue weighted by molar-refractivity contribution is 5.94. The average Bonchev–Trinajstić information content (AvgIpc) is 2.93. The molecule has 0 aromatic heterocycles. The number of unbranched alkanes of at least 4 members (excludes halogenated alkanes) is 6. The molecule has 0 fully saturated rings. The summed E-state index contributed by atoms with van der Waals surface area (Å²) >= 11 is 0. The van der Waals surface area contributed by atoms with E-state index in [2.05, 4.69) is 13.8 Å². The fraction of sp³-hybridized carbons (Fsp3) is 0.412. The fourth-order valence-electron chi connectivity index (χ4n) is 4.25. The predicted molar refractivity (Wildman–Crippen MR) is 158 cm³/mol. The Morgan fingerprint density at radius 3 is 1.48 bits per heavy atom. The van der Waals surface area contributed by atoms with E-state index in [1.165, 1.54) is 25.7 Å². The molecule has 3 aromatic rings. The molecule has 0 radical (unpaired) electrons. The molecule has 214 valence electrons. The summed E-state index contributed by atoms with van der Waals surface area (Å²) in [7, 11) is 0. The van der Waals surface area contributed by atoms with Gasteiger partial charge in [0.15, 0.2) is 0 Å². The van der Waals surface area contributed by atoms with E-state index in [0.717, 1.165) is 42.7 Å². The van der Waals surface area contributed by atoms with Crippen LogP contribution in [0.1, 0.15) is 97.1 Å². The second-order valence-corrected chi connectivity index (χ2v) is 10.0. The van der Waals surface area contributed by atoms with Crippen molar-refractivity contribution in [2.75, 3.05) is 13.2 Å². The lowest BCUT2D eigenvalue weighted by Crippen LogP contribution is -2.12. The van der Waals surface area contributed by atoms with Crippen molar-refractivity contribution in [2.24, 2.45) is 0 Å². The van der Waals surface area contributed by atoms with Crippen molar-refractivity contribution in [1.82, 2.24) is 0 Å². The molecule has 6 nitrogen and oxygen atoms in total. The lowest BCUT2D eigenvalue weighted by atomic mass is 10.1. The molecule has 6 heteroatoms. The number of hydrogen-bond donors (Lipinski definition) is 0. The molecule has 0 aliphatic carbocycles. The summed E-state index contributed by atoms with van der Waals surface area (Å²) in [6.07, 6.45) is 9.14. The van der Waals surface area contributed by atoms with Crippen molar-refractivity contribution in [1.29, 1.82) is 0 Å². The van der Waals surface area contributed by atoms with Crippen molar-refractivity contribution >= 4 is 11.9 Å². The van der Waals surface area contributed by atoms with E-state index in [0.29, 0.717) is 41.4 Å². The van der Waals surface area contributed by atoms with Crippen LogP contribution in [0.3, 0.4) is 0 Å². The molecule has 0 spiro atoms. The van der Waals surface area contributed by atoms with Crippen molar-refractivity contribution in [3.05, 3.63) is 82.9 Å². The molecule has 0 amide bonds. The topological polar surface area (TPSA) is 71.1 Å². The Bertz CT molecular complexity index is 1230. The molecule has 40 heavy (non-hydrogen) atoms. The number of rotatable bonds is 16. The Hall–Kier alpha value is -3.80. The third kappa shape index (κ3) is 9.74. The molecule has 3 aromatic carbocycles. The summed E-state index contributed by atoms with van der Waals surface area (Å²) in [5.41, 5.74) is 2.28. The smallest absolute Gasteiger partial charge is 0.343 e. The standard InChI is InChI=1S/C34H42O6/c1-5-7-9-11-21-37-27-13-15-28(16-14-27)39-33(35)32-20-18-30(24-26(32)4)40-34(36)31-19-17-29(23-25(31)3)38-22-12-10-8-6-2/h13-20,23-24H,5-12,21-22H2,1-4H3. The zero-order valence-corrected chi connectivity index (χ0v) is 24.3. The molecule has 0 bridgehead atoms. The molecule has 0 aliphatic heterocycles. The maximum absolute atomic E-state index is 12.8. The molecule has 0 unspecified atom stereocenters. The zero-order valence-electron chi connectivity index (χ0n) is 24.3. The zero-order chi connectivity index (χ0) is 28.7. The van der Waals surface area contributed by atoms with E-state index in [9.17, 15) is 9.59 Å². The van der Waals surface area contributed by atoms with Gasteiger partial charge in [-0.05, 0) is 98.5 Å². The molecule has 0 aliphatic rings. The van der Waals surface area contributed by atoms with Crippen molar-refractivity contribution < 1.29 is 28.5 Å². The Morgan fingerprint density at radius 1 is 0.525 bits per heavy atom. The second kappa shape index (κ2) is 16.3. The van der Waals surface area contributed by atoms with Crippen LogP contribution in [-0.4, -0.2) is 25.2 Å². The minimum Gasteiger partial charge on any atom is -0.494 e. The molecular formula is C34H42O6. The number of ether oxygens (including phenoxy) is 4. The third-order valence-corrected chi connectivity index (χ3v) is 6.61. The van der Waals surface area contributed by atoms with Crippen LogP contribution in [-0.2, 0) is 0 Å². The van der Waals surface area contributed by atoms with E-state index in [1.54, 1.807) is 61.5 Å². The van der Waals surface area contributed by atoms with Gasteiger partial charge in [0.25, 0.3) is 0 Å². The SMILES string of the molecule is CCCCCCOc1ccc(OC(=O)c2ccc(OC(=O)c3ccc(OCCCCCC)cc3C)cc2C)cc1. The fourth-order valence-corrected chi connectivity index (χ4v) is 4.25. The largest absolute Gasteiger partial charge is 0.494 e. The van der Waals surface area contributed by atoms with E-state index < -0.39 is 11.9 Å². The van der Waals surface area contributed by atoms with Gasteiger partial charge in [0.2, 0.25) is 0 Å². The summed E-state index contributed by atoms with van der Waals surface area (Å²) in [6.45, 7) is 9.33. The van der Waals surface area contributed by atoms with Gasteiger partial charge in [-0.3, -0.25) is 0 Å². The van der Waals surface area contributed by atoms with Gasteiger partial charge in [0, 0.05) is 0 Å². The van der Waals surface area contributed by atoms with Crippen LogP contribution in [0.15, 0.2) is 60.7 Å². The van der Waals surface area contributed by atoms with Gasteiger partial charge in [-0.25, -0.2) is 9.59 Å². The van der Waals surface area contributed by atoms with Gasteiger partial charge in [0.1, 0.15) is 23.0 Å². The van der Waals surface area contributed by atoms with E-state index in [1.807, 2.05) is 13.0 Å². The summed E-state index contributed by atoms with van der Waals surface area (Å²) in [5, 5.41) is 0. The lowest BCUT2D eigenvalue weighted by Gasteiger charge is -2.12. The van der Waals surface area contributed by atoms with Crippen molar-refractivity contribution in [3.8, 4) is 23.0 Å². The Morgan fingerprint density at radius 2 is 0.950 bits per heavy atom. The van der Waals surface area contributed by atoms with Gasteiger partial charge < -0.3 is 18.9 Å². The highest BCUT2D eigenvalue weighted by atomic mass is 16.5. The number of benzene rings is 3. The number of aryl methyl sites for hydroxylation is 2. The van der Waals surface area contributed by atoms with Crippen LogP contribution in [0.4, 0.5) is 0 Å². The molecular weight excluding hydrogens is 504 g/mol. The van der Waals surface area contributed by atoms with Gasteiger partial charge in [-0.15, -0.1) is 0 Å². The number of hydrogen-bond acceptors (Lipinski definition) is 6. The van der Waals surface area contributed by atoms with Crippen molar-refractivity contribution in [3.63, 3.8) is 0 Å². The Balaban J connectivity index is 1.52. The van der Waals surface area contributed by atoms with E-state index in [4.69, 9.17) is 18.9 Å². The average molecular weight is 547 g/mol. The molecule has 0 saturated carbocycles. The predicted octanol–water partition coefficient (Wildman–Crippen LogP) is 8.66. The Kier molecular flexibility index (Phi) is 12.6. The second-order valence-electron chi connectivity index (χ2n) is 10.0. The summed E-state index contributed by atoms with van der Waals surface area (Å²) in [4.78, 5) is 25.6. The summed E-state index contributed by atoms with van der Waals surface area (Å²) in [5.74, 6) is 1.34. The molecule has 0 atom stereocenters. The molecule has 0 saturated heterocycles. The lowest BCUT2D eigenvalue weighted by molar-refractivity contribution is 0.0729. The van der Waals surface area contributed by atoms with Gasteiger partial charge in [-0.1, -0.05) is 52.4 Å². The monoisotopic (exact) mass is 546 g/mol. The van der Waals surface area contributed by atoms with Crippen LogP contribution >= 0.6 is 0 Å². The maximum atomic E-state index is 12.8. The van der Waals surface area contributed by atoms with Gasteiger partial charge in [-0.2, -0.15) is 0 Å². The van der Waals surface area contributed by atoms with Crippen molar-refractivity contribution in [2.45, 2.75) is 79.1 Å². The quantitative estimate of drug-likeness (QED) is 0.102. The molecule has 0 heterocycles. The summed E-state index contributed by atoms with van der Waals surface area (Å²) in [6, 6.07) is 17.3. The first-order valence-corrected chi connectivity index (χ1v) is 14.4. The maximum Gasteiger partial charge on any atom is 0.343 e. The number of carbonyl (C=O) groups excluding carboxylic acids is 2. The minimum atomic E-state index is -0.482. The van der Waals surface area contributed by atoms with Gasteiger partial charge in [0.05, 0.1) is 24.3 Å². The highest BCUT2D eigenvalue weighted by Gasteiger charge is 2.16. The minimum absolute atomic E-state index is 0.357. The summed E-state index contributed by atoms with van der Waals surface area (Å²) < 4.78 is 22.7. The first-order valence-electron chi connectivity index (χ1n) is 14.4.